The summed E-state index contributed by atoms with van der Waals surface area (Å²) in [7, 11) is 0. The third-order valence-corrected chi connectivity index (χ3v) is 6.52. The molecule has 1 aliphatic rings. The minimum atomic E-state index is -0.137. The zero-order valence-electron chi connectivity index (χ0n) is 18.0. The average Bonchev–Trinajstić information content (AvgIpc) is 3.11. The van der Waals surface area contributed by atoms with Gasteiger partial charge in [0.2, 0.25) is 11.8 Å². The van der Waals surface area contributed by atoms with E-state index in [1.807, 2.05) is 42.7 Å². The molecule has 1 saturated carbocycles. The van der Waals surface area contributed by atoms with Crippen molar-refractivity contribution in [3.05, 3.63) is 35.7 Å². The Bertz CT molecular complexity index is 865. The number of carbonyl (C=O) groups is 2. The lowest BCUT2D eigenvalue weighted by molar-refractivity contribution is -0.120. The number of anilines is 1. The second kappa shape index (κ2) is 10.6. The fourth-order valence-corrected chi connectivity index (χ4v) is 4.60. The van der Waals surface area contributed by atoms with Crippen LogP contribution in [0.5, 0.6) is 0 Å². The minimum absolute atomic E-state index is 0.0306. The summed E-state index contributed by atoms with van der Waals surface area (Å²) in [5.41, 5.74) is 1.90. The molecule has 1 heterocycles. The van der Waals surface area contributed by atoms with Crippen LogP contribution in [-0.2, 0) is 22.6 Å². The number of hydrogen-bond acceptors (Lipinski definition) is 5. The smallest absolute Gasteiger partial charge is 0.232 e. The van der Waals surface area contributed by atoms with Gasteiger partial charge in [-0.3, -0.25) is 9.59 Å². The van der Waals surface area contributed by atoms with Crippen molar-refractivity contribution in [2.75, 3.05) is 11.1 Å². The summed E-state index contributed by atoms with van der Waals surface area (Å²) in [6, 6.07) is 7.95. The molecule has 0 saturated heterocycles. The lowest BCUT2D eigenvalue weighted by atomic mass is 9.86. The highest BCUT2D eigenvalue weighted by Crippen LogP contribution is 2.24. The molecule has 0 radical (unpaired) electrons. The van der Waals surface area contributed by atoms with Gasteiger partial charge in [0.05, 0.1) is 12.2 Å². The van der Waals surface area contributed by atoms with Gasteiger partial charge in [-0.05, 0) is 44.7 Å². The van der Waals surface area contributed by atoms with Crippen LogP contribution in [0.3, 0.4) is 0 Å². The highest BCUT2D eigenvalue weighted by atomic mass is 32.2. The van der Waals surface area contributed by atoms with E-state index in [4.69, 9.17) is 0 Å². The summed E-state index contributed by atoms with van der Waals surface area (Å²) < 4.78 is 1.90. The van der Waals surface area contributed by atoms with E-state index in [-0.39, 0.29) is 24.3 Å². The number of rotatable bonds is 8. The number of nitrogens with one attached hydrogen (secondary N) is 2. The van der Waals surface area contributed by atoms with Crippen molar-refractivity contribution >= 4 is 29.3 Å². The number of thioether (sulfide) groups is 1. The van der Waals surface area contributed by atoms with Gasteiger partial charge in [0.1, 0.15) is 5.82 Å². The summed E-state index contributed by atoms with van der Waals surface area (Å²) in [5, 5.41) is 15.1. The molecule has 2 aromatic rings. The zero-order valence-corrected chi connectivity index (χ0v) is 18.8. The minimum Gasteiger partial charge on any atom is -0.352 e. The number of aromatic nitrogens is 3. The molecule has 0 aliphatic heterocycles. The topological polar surface area (TPSA) is 88.9 Å². The maximum atomic E-state index is 12.4. The molecule has 0 bridgehead atoms. The van der Waals surface area contributed by atoms with Crippen LogP contribution in [0, 0.1) is 12.8 Å². The van der Waals surface area contributed by atoms with Gasteiger partial charge in [-0.2, -0.15) is 0 Å². The van der Waals surface area contributed by atoms with E-state index in [1.165, 1.54) is 31.0 Å². The Hall–Kier alpha value is -2.35. The number of hydrogen-bond donors (Lipinski definition) is 2. The number of nitrogens with zero attached hydrogens (tertiary/aromatic N) is 3. The van der Waals surface area contributed by atoms with Gasteiger partial charge in [0.25, 0.3) is 0 Å². The molecule has 1 aromatic carbocycles. The third-order valence-electron chi connectivity index (χ3n) is 5.55. The number of amides is 2. The van der Waals surface area contributed by atoms with Crippen molar-refractivity contribution in [3.8, 4) is 0 Å². The molecule has 1 fully saturated rings. The van der Waals surface area contributed by atoms with Gasteiger partial charge in [-0.1, -0.05) is 49.2 Å². The number of benzene rings is 1. The van der Waals surface area contributed by atoms with E-state index >= 15 is 0 Å². The molecular weight excluding hydrogens is 398 g/mol. The summed E-state index contributed by atoms with van der Waals surface area (Å²) >= 11 is 1.37. The van der Waals surface area contributed by atoms with E-state index in [0.29, 0.717) is 29.2 Å². The molecule has 8 heteroatoms. The summed E-state index contributed by atoms with van der Waals surface area (Å²) in [5.74, 6) is 1.33. The van der Waals surface area contributed by atoms with Crippen molar-refractivity contribution in [1.29, 1.82) is 0 Å². The fourth-order valence-electron chi connectivity index (χ4n) is 3.77. The van der Waals surface area contributed by atoms with Crippen LogP contribution >= 0.6 is 11.8 Å². The van der Waals surface area contributed by atoms with Crippen LogP contribution < -0.4 is 10.6 Å². The van der Waals surface area contributed by atoms with Gasteiger partial charge in [-0.25, -0.2) is 0 Å². The van der Waals surface area contributed by atoms with E-state index in [1.54, 1.807) is 0 Å². The Morgan fingerprint density at radius 2 is 1.87 bits per heavy atom. The summed E-state index contributed by atoms with van der Waals surface area (Å²) in [4.78, 5) is 24.8. The Morgan fingerprint density at radius 3 is 2.57 bits per heavy atom. The predicted octanol–water partition coefficient (Wildman–Crippen LogP) is 3.57. The monoisotopic (exact) mass is 429 g/mol. The SMILES string of the molecule is CCn1c(CC(=O)Nc2ccc(C)cc2)nnc1SCC(=O)N[C@@H]1CCCC[C@H]1C. The number of aryl methyl sites for hydroxylation is 1. The second-order valence-electron chi connectivity index (χ2n) is 7.96. The van der Waals surface area contributed by atoms with Crippen molar-refractivity contribution in [3.63, 3.8) is 0 Å². The summed E-state index contributed by atoms with van der Waals surface area (Å²) in [6.07, 6.45) is 4.81. The highest BCUT2D eigenvalue weighted by molar-refractivity contribution is 7.99. The first-order chi connectivity index (χ1) is 14.5. The van der Waals surface area contributed by atoms with Crippen molar-refractivity contribution in [2.45, 2.75) is 70.6 Å². The molecule has 0 spiro atoms. The quantitative estimate of drug-likeness (QED) is 0.626. The lowest BCUT2D eigenvalue weighted by Crippen LogP contribution is -2.41. The second-order valence-corrected chi connectivity index (χ2v) is 8.90. The first-order valence-corrected chi connectivity index (χ1v) is 11.7. The maximum absolute atomic E-state index is 12.4. The molecule has 162 valence electrons. The molecule has 3 rings (SSSR count). The van der Waals surface area contributed by atoms with E-state index in [0.717, 1.165) is 17.7 Å². The van der Waals surface area contributed by atoms with Crippen LogP contribution in [0.4, 0.5) is 5.69 Å². The normalized spacial score (nSPS) is 18.8. The van der Waals surface area contributed by atoms with Gasteiger partial charge < -0.3 is 15.2 Å². The third kappa shape index (κ3) is 6.08. The summed E-state index contributed by atoms with van der Waals surface area (Å²) in [6.45, 7) is 6.84. The molecule has 30 heavy (non-hydrogen) atoms. The molecule has 2 amide bonds. The van der Waals surface area contributed by atoms with E-state index in [2.05, 4.69) is 27.8 Å². The molecule has 2 N–H and O–H groups in total. The fraction of sp³-hybridized carbons (Fsp3) is 0.545. The van der Waals surface area contributed by atoms with E-state index in [9.17, 15) is 9.59 Å². The molecule has 0 unspecified atom stereocenters. The Balaban J connectivity index is 1.53. The van der Waals surface area contributed by atoms with Gasteiger partial charge in [0.15, 0.2) is 5.16 Å². The zero-order chi connectivity index (χ0) is 21.5. The standard InChI is InChI=1S/C22H31N5O2S/c1-4-27-19(13-20(28)23-17-11-9-15(2)10-12-17)25-26-22(27)30-14-21(29)24-18-8-6-5-7-16(18)3/h9-12,16,18H,4-8,13-14H2,1-3H3,(H,23,28)(H,24,29)/t16-,18-/m1/s1. The van der Waals surface area contributed by atoms with Crippen molar-refractivity contribution < 1.29 is 9.59 Å². The lowest BCUT2D eigenvalue weighted by Gasteiger charge is -2.29. The van der Waals surface area contributed by atoms with Crippen LogP contribution in [-0.4, -0.2) is 38.4 Å². The Morgan fingerprint density at radius 1 is 1.13 bits per heavy atom. The Labute approximate surface area is 182 Å². The van der Waals surface area contributed by atoms with Gasteiger partial charge in [-0.15, -0.1) is 10.2 Å². The number of carbonyl (C=O) groups excluding carboxylic acids is 2. The van der Waals surface area contributed by atoms with Crippen LogP contribution in [0.1, 0.15) is 50.9 Å². The van der Waals surface area contributed by atoms with Crippen LogP contribution in [0.25, 0.3) is 0 Å². The molecule has 7 nitrogen and oxygen atoms in total. The van der Waals surface area contributed by atoms with Gasteiger partial charge >= 0.3 is 0 Å². The first kappa shape index (κ1) is 22.3. The maximum Gasteiger partial charge on any atom is 0.232 e. The molecule has 1 aromatic heterocycles. The highest BCUT2D eigenvalue weighted by Gasteiger charge is 2.23. The van der Waals surface area contributed by atoms with E-state index < -0.39 is 0 Å². The largest absolute Gasteiger partial charge is 0.352 e. The van der Waals surface area contributed by atoms with Gasteiger partial charge in [0, 0.05) is 18.3 Å². The predicted molar refractivity (Wildman–Crippen MR) is 119 cm³/mol. The first-order valence-electron chi connectivity index (χ1n) is 10.7. The van der Waals surface area contributed by atoms with Crippen molar-refractivity contribution in [2.24, 2.45) is 5.92 Å². The Kier molecular flexibility index (Phi) is 7.90. The van der Waals surface area contributed by atoms with Crippen LogP contribution in [0.15, 0.2) is 29.4 Å². The average molecular weight is 430 g/mol. The molecule has 2 atom stereocenters. The van der Waals surface area contributed by atoms with Crippen molar-refractivity contribution in [1.82, 2.24) is 20.1 Å². The molecular formula is C22H31N5O2S. The van der Waals surface area contributed by atoms with Crippen LogP contribution in [0.2, 0.25) is 0 Å². The molecule has 1 aliphatic carbocycles.